The summed E-state index contributed by atoms with van der Waals surface area (Å²) in [6.07, 6.45) is 0. The van der Waals surface area contributed by atoms with Crippen LogP contribution in [0, 0.1) is 0 Å². The molecule has 2 amide bonds. The molecule has 0 atom stereocenters. The lowest BCUT2D eigenvalue weighted by Gasteiger charge is -2.26. The van der Waals surface area contributed by atoms with Gasteiger partial charge < -0.3 is 15.0 Å². The van der Waals surface area contributed by atoms with E-state index in [4.69, 9.17) is 4.74 Å². The molecule has 1 heterocycles. The number of benzene rings is 2. The molecule has 5 nitrogen and oxygen atoms in total. The van der Waals surface area contributed by atoms with Gasteiger partial charge in [0.05, 0.1) is 5.69 Å². The van der Waals surface area contributed by atoms with E-state index in [9.17, 15) is 9.59 Å². The van der Waals surface area contributed by atoms with Crippen molar-refractivity contribution < 1.29 is 14.3 Å². The molecule has 21 heavy (non-hydrogen) atoms. The Kier molecular flexibility index (Phi) is 3.31. The third-order valence-corrected chi connectivity index (χ3v) is 3.34. The van der Waals surface area contributed by atoms with Crippen LogP contribution in [-0.2, 0) is 4.79 Å². The first-order valence-corrected chi connectivity index (χ1v) is 6.55. The second kappa shape index (κ2) is 5.28. The SMILES string of the molecule is CN1C(=O)COc2ccc(NC(=O)c3ccccc3)cc21. The minimum absolute atomic E-state index is 0.0409. The molecule has 0 unspecified atom stereocenters. The number of likely N-dealkylation sites (N-methyl/N-ethyl adjacent to an activating group) is 1. The molecule has 0 saturated carbocycles. The summed E-state index contributed by atoms with van der Waals surface area (Å²) in [6, 6.07) is 14.2. The molecular formula is C16H14N2O3. The topological polar surface area (TPSA) is 58.6 Å². The van der Waals surface area contributed by atoms with Gasteiger partial charge in [-0.3, -0.25) is 9.59 Å². The van der Waals surface area contributed by atoms with E-state index in [0.29, 0.717) is 22.7 Å². The van der Waals surface area contributed by atoms with Gasteiger partial charge in [-0.2, -0.15) is 0 Å². The number of nitrogens with one attached hydrogen (secondary N) is 1. The summed E-state index contributed by atoms with van der Waals surface area (Å²) in [6.45, 7) is 0.0409. The summed E-state index contributed by atoms with van der Waals surface area (Å²) in [4.78, 5) is 25.3. The predicted octanol–water partition coefficient (Wildman–Crippen LogP) is 2.29. The maximum Gasteiger partial charge on any atom is 0.264 e. The number of fused-ring (bicyclic) bond motifs is 1. The third kappa shape index (κ3) is 2.58. The van der Waals surface area contributed by atoms with Crippen molar-refractivity contribution in [2.45, 2.75) is 0 Å². The zero-order chi connectivity index (χ0) is 14.8. The lowest BCUT2D eigenvalue weighted by Crippen LogP contribution is -2.35. The van der Waals surface area contributed by atoms with Gasteiger partial charge in [0.15, 0.2) is 6.61 Å². The molecule has 0 bridgehead atoms. The number of ether oxygens (including phenoxy) is 1. The van der Waals surface area contributed by atoms with Crippen LogP contribution in [0.2, 0.25) is 0 Å². The highest BCUT2D eigenvalue weighted by atomic mass is 16.5. The number of carbonyl (C=O) groups is 2. The number of hydrogen-bond acceptors (Lipinski definition) is 3. The fourth-order valence-corrected chi connectivity index (χ4v) is 2.14. The van der Waals surface area contributed by atoms with E-state index in [0.717, 1.165) is 0 Å². The number of carbonyl (C=O) groups excluding carboxylic acids is 2. The van der Waals surface area contributed by atoms with Crippen LogP contribution in [0.25, 0.3) is 0 Å². The minimum atomic E-state index is -0.193. The Morgan fingerprint density at radius 3 is 2.71 bits per heavy atom. The van der Waals surface area contributed by atoms with Gasteiger partial charge in [0.25, 0.3) is 11.8 Å². The first kappa shape index (κ1) is 13.2. The zero-order valence-corrected chi connectivity index (χ0v) is 11.5. The normalized spacial score (nSPS) is 13.4. The Bertz CT molecular complexity index is 698. The molecule has 0 saturated heterocycles. The van der Waals surface area contributed by atoms with E-state index in [1.807, 2.05) is 18.2 Å². The van der Waals surface area contributed by atoms with E-state index in [1.54, 1.807) is 37.4 Å². The molecule has 0 aliphatic carbocycles. The van der Waals surface area contributed by atoms with Crippen molar-refractivity contribution in [2.24, 2.45) is 0 Å². The Labute approximate surface area is 122 Å². The summed E-state index contributed by atoms with van der Waals surface area (Å²) in [5.74, 6) is 0.324. The molecule has 2 aromatic carbocycles. The Balaban J connectivity index is 1.84. The van der Waals surface area contributed by atoms with Crippen molar-refractivity contribution in [1.29, 1.82) is 0 Å². The van der Waals surface area contributed by atoms with Gasteiger partial charge in [0.2, 0.25) is 0 Å². The third-order valence-electron chi connectivity index (χ3n) is 3.34. The first-order chi connectivity index (χ1) is 10.1. The molecule has 0 aromatic heterocycles. The predicted molar refractivity (Wildman–Crippen MR) is 79.7 cm³/mol. The largest absolute Gasteiger partial charge is 0.482 e. The van der Waals surface area contributed by atoms with Gasteiger partial charge in [-0.15, -0.1) is 0 Å². The summed E-state index contributed by atoms with van der Waals surface area (Å²) in [5.41, 5.74) is 1.85. The average Bonchev–Trinajstić information content (AvgIpc) is 2.52. The van der Waals surface area contributed by atoms with Crippen molar-refractivity contribution in [1.82, 2.24) is 0 Å². The standard InChI is InChI=1S/C16H14N2O3/c1-18-13-9-12(7-8-14(13)21-10-15(18)19)17-16(20)11-5-3-2-4-6-11/h2-9H,10H2,1H3,(H,17,20). The van der Waals surface area contributed by atoms with E-state index in [1.165, 1.54) is 4.90 Å². The van der Waals surface area contributed by atoms with E-state index in [2.05, 4.69) is 5.32 Å². The van der Waals surface area contributed by atoms with Gasteiger partial charge in [-0.05, 0) is 30.3 Å². The molecule has 1 aliphatic heterocycles. The highest BCUT2D eigenvalue weighted by molar-refractivity contribution is 6.05. The van der Waals surface area contributed by atoms with Crippen LogP contribution in [0.3, 0.4) is 0 Å². The number of hydrogen-bond donors (Lipinski definition) is 1. The van der Waals surface area contributed by atoms with Crippen LogP contribution in [0.5, 0.6) is 5.75 Å². The monoisotopic (exact) mass is 282 g/mol. The number of amides is 2. The first-order valence-electron chi connectivity index (χ1n) is 6.55. The number of rotatable bonds is 2. The second-order valence-electron chi connectivity index (χ2n) is 4.74. The highest BCUT2D eigenvalue weighted by Crippen LogP contribution is 2.33. The van der Waals surface area contributed by atoms with Gasteiger partial charge in [0, 0.05) is 18.3 Å². The molecule has 106 valence electrons. The Morgan fingerprint density at radius 2 is 1.95 bits per heavy atom. The summed E-state index contributed by atoms with van der Waals surface area (Å²) in [5, 5.41) is 2.81. The highest BCUT2D eigenvalue weighted by Gasteiger charge is 2.22. The van der Waals surface area contributed by atoms with Crippen molar-refractivity contribution >= 4 is 23.2 Å². The van der Waals surface area contributed by atoms with Crippen LogP contribution in [0.15, 0.2) is 48.5 Å². The van der Waals surface area contributed by atoms with Gasteiger partial charge in [-0.25, -0.2) is 0 Å². The van der Waals surface area contributed by atoms with Crippen LogP contribution >= 0.6 is 0 Å². The molecule has 0 spiro atoms. The quantitative estimate of drug-likeness (QED) is 0.919. The van der Waals surface area contributed by atoms with Gasteiger partial charge >= 0.3 is 0 Å². The molecule has 1 aliphatic rings. The van der Waals surface area contributed by atoms with Crippen LogP contribution in [0.1, 0.15) is 10.4 Å². The van der Waals surface area contributed by atoms with Crippen molar-refractivity contribution in [3.63, 3.8) is 0 Å². The van der Waals surface area contributed by atoms with Gasteiger partial charge in [0.1, 0.15) is 5.75 Å². The minimum Gasteiger partial charge on any atom is -0.482 e. The lowest BCUT2D eigenvalue weighted by molar-refractivity contribution is -0.120. The molecule has 1 N–H and O–H groups in total. The van der Waals surface area contributed by atoms with E-state index in [-0.39, 0.29) is 18.4 Å². The maximum absolute atomic E-state index is 12.1. The summed E-state index contributed by atoms with van der Waals surface area (Å²) >= 11 is 0. The van der Waals surface area contributed by atoms with Crippen molar-refractivity contribution in [2.75, 3.05) is 23.9 Å². The van der Waals surface area contributed by atoms with Crippen molar-refractivity contribution in [3.05, 3.63) is 54.1 Å². The molecule has 3 rings (SSSR count). The lowest BCUT2D eigenvalue weighted by atomic mass is 10.2. The zero-order valence-electron chi connectivity index (χ0n) is 11.5. The summed E-state index contributed by atoms with van der Waals surface area (Å²) in [7, 11) is 1.69. The van der Waals surface area contributed by atoms with E-state index >= 15 is 0 Å². The Hall–Kier alpha value is -2.82. The second-order valence-corrected chi connectivity index (χ2v) is 4.74. The fraction of sp³-hybridized carbons (Fsp3) is 0.125. The molecular weight excluding hydrogens is 268 g/mol. The van der Waals surface area contributed by atoms with Gasteiger partial charge in [-0.1, -0.05) is 18.2 Å². The fourth-order valence-electron chi connectivity index (χ4n) is 2.14. The molecule has 0 radical (unpaired) electrons. The molecule has 5 heteroatoms. The summed E-state index contributed by atoms with van der Waals surface area (Å²) < 4.78 is 5.35. The Morgan fingerprint density at radius 1 is 1.19 bits per heavy atom. The number of anilines is 2. The van der Waals surface area contributed by atoms with Crippen LogP contribution < -0.4 is 15.0 Å². The number of nitrogens with zero attached hydrogens (tertiary/aromatic N) is 1. The molecule has 0 fully saturated rings. The smallest absolute Gasteiger partial charge is 0.264 e. The maximum atomic E-state index is 12.1. The molecule has 2 aromatic rings. The van der Waals surface area contributed by atoms with Crippen LogP contribution in [0.4, 0.5) is 11.4 Å². The van der Waals surface area contributed by atoms with Crippen LogP contribution in [-0.4, -0.2) is 25.5 Å². The van der Waals surface area contributed by atoms with E-state index < -0.39 is 0 Å². The van der Waals surface area contributed by atoms with Crippen molar-refractivity contribution in [3.8, 4) is 5.75 Å². The average molecular weight is 282 g/mol.